The molecule has 1 aromatic rings. The number of carboxylic acids is 1. The molecule has 0 amide bonds. The summed E-state index contributed by atoms with van der Waals surface area (Å²) in [4.78, 5) is 10.9. The minimum absolute atomic E-state index is 0.0184. The zero-order chi connectivity index (χ0) is 20.4. The van der Waals surface area contributed by atoms with Gasteiger partial charge in [-0.1, -0.05) is 65.0 Å². The topological polar surface area (TPSA) is 46.5 Å². The predicted molar refractivity (Wildman–Crippen MR) is 111 cm³/mol. The molecular weight excluding hydrogens is 336 g/mol. The van der Waals surface area contributed by atoms with Gasteiger partial charge in [0.1, 0.15) is 0 Å². The Morgan fingerprint density at radius 2 is 1.74 bits per heavy atom. The lowest BCUT2D eigenvalue weighted by atomic mass is 9.86. The Balaban J connectivity index is 2.42. The number of rotatable bonds is 8. The van der Waals surface area contributed by atoms with Crippen LogP contribution in [0.15, 0.2) is 42.0 Å². The largest absolute Gasteiger partial charge is 0.478 e. The van der Waals surface area contributed by atoms with Crippen molar-refractivity contribution < 1.29 is 14.6 Å². The number of aliphatic carboxylic acids is 1. The fraction of sp³-hybridized carbons (Fsp3) is 0.542. The number of carbonyl (C=O) groups is 1. The highest BCUT2D eigenvalue weighted by Gasteiger charge is 2.60. The lowest BCUT2D eigenvalue weighted by Crippen LogP contribution is -2.10. The average molecular weight is 371 g/mol. The lowest BCUT2D eigenvalue weighted by molar-refractivity contribution is -0.131. The molecule has 2 rings (SSSR count). The predicted octanol–water partition coefficient (Wildman–Crippen LogP) is 5.67. The Kier molecular flexibility index (Phi) is 6.69. The summed E-state index contributed by atoms with van der Waals surface area (Å²) in [6, 6.07) is 7.04. The summed E-state index contributed by atoms with van der Waals surface area (Å²) in [7, 11) is 1.75. The van der Waals surface area contributed by atoms with Crippen molar-refractivity contribution in [2.45, 2.75) is 58.8 Å². The highest BCUT2D eigenvalue weighted by Crippen LogP contribution is 2.61. The average Bonchev–Trinajstić information content (AvgIpc) is 3.16. The maximum atomic E-state index is 10.9. The zero-order valence-electron chi connectivity index (χ0n) is 17.7. The first kappa shape index (κ1) is 21.4. The van der Waals surface area contributed by atoms with E-state index < -0.39 is 5.97 Å². The van der Waals surface area contributed by atoms with Gasteiger partial charge in [0, 0.05) is 18.6 Å². The number of hydrogen-bond donors (Lipinski definition) is 1. The van der Waals surface area contributed by atoms with Crippen LogP contribution in [0.25, 0.3) is 0 Å². The van der Waals surface area contributed by atoms with Crippen LogP contribution in [0.4, 0.5) is 0 Å². The molecule has 1 aromatic carbocycles. The van der Waals surface area contributed by atoms with Crippen molar-refractivity contribution in [2.75, 3.05) is 13.7 Å². The van der Waals surface area contributed by atoms with Gasteiger partial charge in [0.15, 0.2) is 0 Å². The molecule has 3 heteroatoms. The monoisotopic (exact) mass is 370 g/mol. The van der Waals surface area contributed by atoms with Crippen LogP contribution in [-0.2, 0) is 14.9 Å². The molecule has 0 unspecified atom stereocenters. The second-order valence-corrected chi connectivity index (χ2v) is 8.65. The molecular formula is C24H34O3. The Bertz CT molecular complexity index is 716. The molecule has 0 spiro atoms. The molecule has 27 heavy (non-hydrogen) atoms. The van der Waals surface area contributed by atoms with Crippen molar-refractivity contribution >= 4 is 5.97 Å². The minimum Gasteiger partial charge on any atom is -0.478 e. The molecule has 1 aliphatic carbocycles. The van der Waals surface area contributed by atoms with E-state index in [-0.39, 0.29) is 5.41 Å². The second kappa shape index (κ2) is 8.43. The van der Waals surface area contributed by atoms with Crippen molar-refractivity contribution in [3.63, 3.8) is 0 Å². The first-order valence-electron chi connectivity index (χ1n) is 9.85. The van der Waals surface area contributed by atoms with Crippen LogP contribution in [0, 0.1) is 11.8 Å². The molecule has 0 aromatic heterocycles. The van der Waals surface area contributed by atoms with Crippen molar-refractivity contribution in [3.8, 4) is 0 Å². The Morgan fingerprint density at radius 3 is 2.19 bits per heavy atom. The lowest BCUT2D eigenvalue weighted by Gasteiger charge is -2.19. The van der Waals surface area contributed by atoms with Gasteiger partial charge in [-0.05, 0) is 52.9 Å². The second-order valence-electron chi connectivity index (χ2n) is 8.65. The molecule has 0 bridgehead atoms. The molecule has 148 valence electrons. The first-order valence-corrected chi connectivity index (χ1v) is 9.85. The van der Waals surface area contributed by atoms with Crippen molar-refractivity contribution in [1.82, 2.24) is 0 Å². The third-order valence-electron chi connectivity index (χ3n) is 5.98. The van der Waals surface area contributed by atoms with Crippen molar-refractivity contribution in [3.05, 3.63) is 58.7 Å². The van der Waals surface area contributed by atoms with Crippen LogP contribution in [0.1, 0.15) is 70.1 Å². The van der Waals surface area contributed by atoms with Crippen molar-refractivity contribution in [1.29, 1.82) is 0 Å². The fourth-order valence-electron chi connectivity index (χ4n) is 3.99. The maximum absolute atomic E-state index is 10.9. The van der Waals surface area contributed by atoms with Gasteiger partial charge < -0.3 is 9.84 Å². The number of methoxy groups -OCH3 is 1. The number of ether oxygens (including phenoxy) is 1. The van der Waals surface area contributed by atoms with Crippen LogP contribution in [0.2, 0.25) is 0 Å². The molecule has 3 atom stereocenters. The van der Waals surface area contributed by atoms with E-state index in [0.717, 1.165) is 5.57 Å². The van der Waals surface area contributed by atoms with E-state index in [1.54, 1.807) is 7.11 Å². The number of benzene rings is 1. The molecule has 0 saturated heterocycles. The van der Waals surface area contributed by atoms with Gasteiger partial charge in [-0.15, -0.1) is 0 Å². The van der Waals surface area contributed by atoms with Gasteiger partial charge in [0.2, 0.25) is 0 Å². The summed E-state index contributed by atoms with van der Waals surface area (Å²) in [5.74, 6) is 0.812. The number of hydrogen-bond acceptors (Lipinski definition) is 2. The van der Waals surface area contributed by atoms with Gasteiger partial charge in [-0.2, -0.15) is 0 Å². The van der Waals surface area contributed by atoms with Crippen LogP contribution >= 0.6 is 0 Å². The van der Waals surface area contributed by atoms with Crippen LogP contribution < -0.4 is 0 Å². The van der Waals surface area contributed by atoms with E-state index in [9.17, 15) is 4.79 Å². The van der Waals surface area contributed by atoms with Gasteiger partial charge in [0.05, 0.1) is 6.61 Å². The Morgan fingerprint density at radius 1 is 1.19 bits per heavy atom. The molecule has 0 aliphatic heterocycles. The summed E-state index contributed by atoms with van der Waals surface area (Å²) < 4.78 is 5.50. The maximum Gasteiger partial charge on any atom is 0.328 e. The SMILES string of the molecule is COC[C@H]1[C@@H](C=CC(C)=CC(=O)O)[C@@]1(C)c1cc(C(C)C)cc(C(C)C)c1. The summed E-state index contributed by atoms with van der Waals surface area (Å²) in [6.45, 7) is 13.8. The Labute approximate surface area is 164 Å². The van der Waals surface area contributed by atoms with Gasteiger partial charge in [0.25, 0.3) is 0 Å². The smallest absolute Gasteiger partial charge is 0.328 e. The minimum atomic E-state index is -0.907. The van der Waals surface area contributed by atoms with E-state index in [4.69, 9.17) is 9.84 Å². The molecule has 1 saturated carbocycles. The normalized spacial score (nSPS) is 25.6. The summed E-state index contributed by atoms with van der Waals surface area (Å²) in [6.07, 6.45) is 5.34. The first-order chi connectivity index (χ1) is 12.6. The highest BCUT2D eigenvalue weighted by molar-refractivity contribution is 5.81. The standard InChI is InChI=1S/C24H34O3/c1-15(2)18-11-19(16(3)4)13-20(12-18)24(6)21(22(24)14-27-7)9-8-17(5)10-23(25)26/h8-13,15-16,21-22H,14H2,1-7H3,(H,25,26)/t21-,22+,24-/m1/s1. The molecule has 0 heterocycles. The molecule has 1 fully saturated rings. The van der Waals surface area contributed by atoms with Gasteiger partial charge >= 0.3 is 5.97 Å². The van der Waals surface area contributed by atoms with E-state index in [2.05, 4.69) is 58.9 Å². The summed E-state index contributed by atoms with van der Waals surface area (Å²) in [5, 5.41) is 8.92. The van der Waals surface area contributed by atoms with E-state index >= 15 is 0 Å². The molecule has 0 radical (unpaired) electrons. The fourth-order valence-corrected chi connectivity index (χ4v) is 3.99. The Hall–Kier alpha value is -1.87. The van der Waals surface area contributed by atoms with Crippen molar-refractivity contribution in [2.24, 2.45) is 11.8 Å². The van der Waals surface area contributed by atoms with Crippen LogP contribution in [0.5, 0.6) is 0 Å². The zero-order valence-corrected chi connectivity index (χ0v) is 17.7. The molecule has 3 nitrogen and oxygen atoms in total. The van der Waals surface area contributed by atoms with E-state index in [0.29, 0.717) is 30.3 Å². The van der Waals surface area contributed by atoms with Crippen LogP contribution in [0.3, 0.4) is 0 Å². The van der Waals surface area contributed by atoms with E-state index in [1.165, 1.54) is 22.8 Å². The number of carboxylic acid groups (broad SMARTS) is 1. The molecule has 1 aliphatic rings. The van der Waals surface area contributed by atoms with E-state index in [1.807, 2.05) is 13.0 Å². The van der Waals surface area contributed by atoms with Gasteiger partial charge in [-0.3, -0.25) is 0 Å². The summed E-state index contributed by atoms with van der Waals surface area (Å²) >= 11 is 0. The third-order valence-corrected chi connectivity index (χ3v) is 5.98. The molecule has 1 N–H and O–H groups in total. The highest BCUT2D eigenvalue weighted by atomic mass is 16.5. The quantitative estimate of drug-likeness (QED) is 0.474. The third kappa shape index (κ3) is 4.70. The summed E-state index contributed by atoms with van der Waals surface area (Å²) in [5.41, 5.74) is 4.90. The number of allylic oxidation sites excluding steroid dienone is 3. The van der Waals surface area contributed by atoms with Gasteiger partial charge in [-0.25, -0.2) is 4.79 Å². The van der Waals surface area contributed by atoms with Crippen LogP contribution in [-0.4, -0.2) is 24.8 Å².